The molecule has 0 spiro atoms. The van der Waals surface area contributed by atoms with Crippen LogP contribution in [0.4, 0.5) is 13.2 Å². The quantitative estimate of drug-likeness (QED) is 0.474. The van der Waals surface area contributed by atoms with Crippen molar-refractivity contribution in [3.8, 4) is 0 Å². The summed E-state index contributed by atoms with van der Waals surface area (Å²) in [5.41, 5.74) is 2.10. The number of furan rings is 1. The Morgan fingerprint density at radius 1 is 1.18 bits per heavy atom. The predicted octanol–water partition coefficient (Wildman–Crippen LogP) is 3.70. The van der Waals surface area contributed by atoms with Gasteiger partial charge in [0.25, 0.3) is 11.8 Å². The standard InChI is InChI=1S/C23H18F3N5O3/c24-23(25,26)13-5-6-14(27-9-13)10-28-21(32)20-16-7-8-31(11-18(16)29-30-20)22(33)17-12-34-19-4-2-1-3-15(17)19/h1-6,9,12H,7-8,10-11H2,(H,28,32)(H,29,30). The van der Waals surface area contributed by atoms with Crippen LogP contribution in [0.2, 0.25) is 0 Å². The summed E-state index contributed by atoms with van der Waals surface area (Å²) in [6.45, 7) is 0.608. The smallest absolute Gasteiger partial charge is 0.417 e. The minimum atomic E-state index is -4.47. The number of alkyl halides is 3. The van der Waals surface area contributed by atoms with Crippen LogP contribution in [0.5, 0.6) is 0 Å². The number of carbonyl (C=O) groups excluding carboxylic acids is 2. The number of carbonyl (C=O) groups is 2. The number of benzene rings is 1. The second kappa shape index (κ2) is 8.32. The minimum Gasteiger partial charge on any atom is -0.463 e. The molecule has 4 aromatic rings. The van der Waals surface area contributed by atoms with Gasteiger partial charge < -0.3 is 14.6 Å². The van der Waals surface area contributed by atoms with Gasteiger partial charge in [-0.05, 0) is 24.6 Å². The summed E-state index contributed by atoms with van der Waals surface area (Å²) >= 11 is 0. The van der Waals surface area contributed by atoms with Crippen LogP contribution < -0.4 is 5.32 Å². The largest absolute Gasteiger partial charge is 0.463 e. The summed E-state index contributed by atoms with van der Waals surface area (Å²) in [6, 6.07) is 9.42. The van der Waals surface area contributed by atoms with E-state index in [1.54, 1.807) is 11.0 Å². The van der Waals surface area contributed by atoms with Crippen molar-refractivity contribution < 1.29 is 27.2 Å². The Hall–Kier alpha value is -4.15. The first-order chi connectivity index (χ1) is 16.3. The average Bonchev–Trinajstić information content (AvgIpc) is 3.46. The Labute approximate surface area is 190 Å². The van der Waals surface area contributed by atoms with Crippen molar-refractivity contribution >= 4 is 22.8 Å². The van der Waals surface area contributed by atoms with E-state index in [1.165, 1.54) is 12.3 Å². The van der Waals surface area contributed by atoms with E-state index >= 15 is 0 Å². The fourth-order valence-corrected chi connectivity index (χ4v) is 3.94. The lowest BCUT2D eigenvalue weighted by molar-refractivity contribution is -0.137. The minimum absolute atomic E-state index is 0.0449. The second-order valence-corrected chi connectivity index (χ2v) is 7.87. The van der Waals surface area contributed by atoms with Crippen LogP contribution in [-0.2, 0) is 25.7 Å². The van der Waals surface area contributed by atoms with Crippen LogP contribution in [-0.4, -0.2) is 38.4 Å². The van der Waals surface area contributed by atoms with Gasteiger partial charge in [0.1, 0.15) is 11.8 Å². The van der Waals surface area contributed by atoms with Crippen LogP contribution in [0.1, 0.15) is 43.4 Å². The number of nitrogens with zero attached hydrogens (tertiary/aromatic N) is 3. The third-order valence-electron chi connectivity index (χ3n) is 5.73. The third-order valence-corrected chi connectivity index (χ3v) is 5.73. The van der Waals surface area contributed by atoms with Gasteiger partial charge in [-0.3, -0.25) is 19.7 Å². The molecule has 174 valence electrons. The van der Waals surface area contributed by atoms with Crippen molar-refractivity contribution in [2.75, 3.05) is 6.54 Å². The van der Waals surface area contributed by atoms with Gasteiger partial charge in [0.2, 0.25) is 0 Å². The molecule has 0 saturated heterocycles. The number of nitrogens with one attached hydrogen (secondary N) is 2. The zero-order valence-corrected chi connectivity index (χ0v) is 17.6. The number of pyridine rings is 1. The van der Waals surface area contributed by atoms with E-state index in [1.807, 2.05) is 18.2 Å². The molecular formula is C23H18F3N5O3. The van der Waals surface area contributed by atoms with Gasteiger partial charge in [-0.2, -0.15) is 18.3 Å². The topological polar surface area (TPSA) is 104 Å². The van der Waals surface area contributed by atoms with E-state index in [4.69, 9.17) is 4.42 Å². The van der Waals surface area contributed by atoms with Crippen molar-refractivity contribution in [1.29, 1.82) is 0 Å². The molecule has 0 radical (unpaired) electrons. The van der Waals surface area contributed by atoms with Crippen LogP contribution in [0.3, 0.4) is 0 Å². The maximum absolute atomic E-state index is 13.0. The van der Waals surface area contributed by atoms with Crippen LogP contribution >= 0.6 is 0 Å². The van der Waals surface area contributed by atoms with E-state index in [0.717, 1.165) is 17.6 Å². The number of halogens is 3. The molecule has 1 aliphatic heterocycles. The molecule has 0 bridgehead atoms. The summed E-state index contributed by atoms with van der Waals surface area (Å²) in [6.07, 6.45) is -1.87. The summed E-state index contributed by atoms with van der Waals surface area (Å²) in [7, 11) is 0. The third kappa shape index (κ3) is 4.00. The van der Waals surface area contributed by atoms with Crippen molar-refractivity contribution in [3.05, 3.63) is 82.6 Å². The predicted molar refractivity (Wildman–Crippen MR) is 114 cm³/mol. The van der Waals surface area contributed by atoms with Gasteiger partial charge in [-0.1, -0.05) is 18.2 Å². The number of H-pyrrole nitrogens is 1. The molecule has 0 unspecified atom stereocenters. The highest BCUT2D eigenvalue weighted by Gasteiger charge is 2.31. The molecule has 3 aromatic heterocycles. The summed E-state index contributed by atoms with van der Waals surface area (Å²) in [5, 5.41) is 10.3. The Morgan fingerprint density at radius 3 is 2.76 bits per heavy atom. The molecule has 5 rings (SSSR count). The maximum atomic E-state index is 13.0. The van der Waals surface area contributed by atoms with Gasteiger partial charge in [0.05, 0.1) is 35.6 Å². The van der Waals surface area contributed by atoms with Crippen molar-refractivity contribution in [1.82, 2.24) is 25.4 Å². The lowest BCUT2D eigenvalue weighted by Gasteiger charge is -2.26. The normalized spacial score (nSPS) is 13.7. The lowest BCUT2D eigenvalue weighted by atomic mass is 10.0. The van der Waals surface area contributed by atoms with Gasteiger partial charge in [-0.15, -0.1) is 0 Å². The van der Waals surface area contributed by atoms with E-state index in [9.17, 15) is 22.8 Å². The van der Waals surface area contributed by atoms with Crippen LogP contribution in [0, 0.1) is 0 Å². The first-order valence-electron chi connectivity index (χ1n) is 10.4. The monoisotopic (exact) mass is 469 g/mol. The zero-order chi connectivity index (χ0) is 23.9. The van der Waals surface area contributed by atoms with Crippen molar-refractivity contribution in [2.24, 2.45) is 0 Å². The first-order valence-corrected chi connectivity index (χ1v) is 10.4. The molecule has 8 nitrogen and oxygen atoms in total. The Balaban J connectivity index is 1.25. The highest BCUT2D eigenvalue weighted by Crippen LogP contribution is 2.28. The molecule has 11 heteroatoms. The van der Waals surface area contributed by atoms with Gasteiger partial charge in [0, 0.05) is 23.7 Å². The van der Waals surface area contributed by atoms with E-state index in [2.05, 4.69) is 20.5 Å². The number of hydrogen-bond acceptors (Lipinski definition) is 5. The molecule has 0 fully saturated rings. The molecule has 0 aliphatic carbocycles. The lowest BCUT2D eigenvalue weighted by Crippen LogP contribution is -2.36. The number of amides is 2. The van der Waals surface area contributed by atoms with Crippen LogP contribution in [0.15, 0.2) is 53.3 Å². The first kappa shape index (κ1) is 21.7. The number of para-hydroxylation sites is 1. The van der Waals surface area contributed by atoms with Gasteiger partial charge in [-0.25, -0.2) is 0 Å². The number of fused-ring (bicyclic) bond motifs is 2. The maximum Gasteiger partial charge on any atom is 0.417 e. The molecule has 2 N–H and O–H groups in total. The van der Waals surface area contributed by atoms with E-state index in [0.29, 0.717) is 35.4 Å². The van der Waals surface area contributed by atoms with Gasteiger partial charge in [0.15, 0.2) is 5.69 Å². The molecular weight excluding hydrogens is 451 g/mol. The zero-order valence-electron chi connectivity index (χ0n) is 17.6. The van der Waals surface area contributed by atoms with Crippen molar-refractivity contribution in [2.45, 2.75) is 25.7 Å². The summed E-state index contributed by atoms with van der Waals surface area (Å²) in [4.78, 5) is 31.1. The van der Waals surface area contributed by atoms with E-state index < -0.39 is 17.6 Å². The fraction of sp³-hybridized carbons (Fsp3) is 0.217. The number of rotatable bonds is 4. The van der Waals surface area contributed by atoms with Gasteiger partial charge >= 0.3 is 6.18 Å². The number of aromatic amines is 1. The number of hydrogen-bond donors (Lipinski definition) is 2. The molecule has 1 aliphatic rings. The van der Waals surface area contributed by atoms with Crippen molar-refractivity contribution in [3.63, 3.8) is 0 Å². The summed E-state index contributed by atoms with van der Waals surface area (Å²) < 4.78 is 43.4. The molecule has 0 atom stereocenters. The molecule has 34 heavy (non-hydrogen) atoms. The Bertz CT molecular complexity index is 1370. The molecule has 2 amide bonds. The number of aromatic nitrogens is 3. The molecule has 4 heterocycles. The Morgan fingerprint density at radius 2 is 2.00 bits per heavy atom. The second-order valence-electron chi connectivity index (χ2n) is 7.87. The summed E-state index contributed by atoms with van der Waals surface area (Å²) in [5.74, 6) is -0.649. The highest BCUT2D eigenvalue weighted by molar-refractivity contribution is 6.06. The van der Waals surface area contributed by atoms with Crippen LogP contribution in [0.25, 0.3) is 11.0 Å². The molecule has 1 aromatic carbocycles. The Kier molecular flexibility index (Phi) is 5.31. The van der Waals surface area contributed by atoms with E-state index in [-0.39, 0.29) is 30.4 Å². The fourth-order valence-electron chi connectivity index (χ4n) is 3.94. The molecule has 0 saturated carbocycles. The average molecular weight is 469 g/mol. The SMILES string of the molecule is O=C(NCc1ccc(C(F)(F)F)cn1)c1n[nH]c2c1CCN(C(=O)c1coc3ccccc13)C2. The highest BCUT2D eigenvalue weighted by atomic mass is 19.4.